The molecule has 0 aromatic carbocycles. The van der Waals surface area contributed by atoms with Gasteiger partial charge in [0.25, 0.3) is 0 Å². The Balaban J connectivity index is 2.24. The molecule has 1 N–H and O–H groups in total. The Bertz CT molecular complexity index is 416. The van der Waals surface area contributed by atoms with Gasteiger partial charge in [-0.05, 0) is 32.7 Å². The molecule has 1 fully saturated rings. The van der Waals surface area contributed by atoms with Crippen molar-refractivity contribution in [3.05, 3.63) is 10.6 Å². The monoisotopic (exact) mass is 281 g/mol. The molecule has 0 radical (unpaired) electrons. The van der Waals surface area contributed by atoms with E-state index in [0.717, 1.165) is 19.0 Å². The highest BCUT2D eigenvalue weighted by Gasteiger charge is 2.28. The maximum Gasteiger partial charge on any atom is 0.185 e. The van der Waals surface area contributed by atoms with E-state index in [1.54, 1.807) is 0 Å². The summed E-state index contributed by atoms with van der Waals surface area (Å²) in [4.78, 5) is 8.80. The zero-order valence-electron chi connectivity index (χ0n) is 12.9. The molecule has 1 aliphatic carbocycles. The number of nitrogens with one attached hydrogen (secondary N) is 1. The lowest BCUT2D eigenvalue weighted by Crippen LogP contribution is -2.25. The normalized spacial score (nSPS) is 15.8. The molecule has 108 valence electrons. The molecular formula is C15H27N3S. The third kappa shape index (κ3) is 3.69. The molecule has 0 aliphatic heterocycles. The molecule has 0 unspecified atom stereocenters. The Morgan fingerprint density at radius 2 is 2.05 bits per heavy atom. The van der Waals surface area contributed by atoms with E-state index >= 15 is 0 Å². The molecule has 2 rings (SSSR count). The first kappa shape index (κ1) is 14.8. The summed E-state index contributed by atoms with van der Waals surface area (Å²) in [6.45, 7) is 12.2. The minimum atomic E-state index is 0.125. The summed E-state index contributed by atoms with van der Waals surface area (Å²) in [6, 6.07) is 0. The highest BCUT2D eigenvalue weighted by Crippen LogP contribution is 2.36. The number of rotatable bonds is 6. The zero-order chi connectivity index (χ0) is 14.0. The second kappa shape index (κ2) is 5.80. The van der Waals surface area contributed by atoms with Gasteiger partial charge in [0, 0.05) is 29.9 Å². The summed E-state index contributed by atoms with van der Waals surface area (Å²) in [6.07, 6.45) is 2.80. The lowest BCUT2D eigenvalue weighted by Gasteiger charge is -2.20. The van der Waals surface area contributed by atoms with E-state index in [0.29, 0.717) is 0 Å². The summed E-state index contributed by atoms with van der Waals surface area (Å²) in [7, 11) is 2.01. The van der Waals surface area contributed by atoms with Crippen LogP contribution in [0.5, 0.6) is 0 Å². The van der Waals surface area contributed by atoms with Crippen LogP contribution in [0.25, 0.3) is 0 Å². The summed E-state index contributed by atoms with van der Waals surface area (Å²) in [5, 5.41) is 4.48. The Hall–Kier alpha value is -0.610. The van der Waals surface area contributed by atoms with Gasteiger partial charge in [-0.25, -0.2) is 4.98 Å². The third-order valence-electron chi connectivity index (χ3n) is 3.56. The standard InChI is InChI=1S/C15H27N3S/c1-6-18(10-11-7-8-11)14-17-13(15(2,3)4)12(19-14)9-16-5/h11,16H,6-10H2,1-5H3. The average Bonchev–Trinajstić information content (AvgIpc) is 3.04. The van der Waals surface area contributed by atoms with E-state index < -0.39 is 0 Å². The summed E-state index contributed by atoms with van der Waals surface area (Å²) < 4.78 is 0. The van der Waals surface area contributed by atoms with Crippen molar-refractivity contribution in [1.82, 2.24) is 10.3 Å². The number of aromatic nitrogens is 1. The number of hydrogen-bond acceptors (Lipinski definition) is 4. The molecule has 0 bridgehead atoms. The predicted molar refractivity (Wildman–Crippen MR) is 84.2 cm³/mol. The fraction of sp³-hybridized carbons (Fsp3) is 0.800. The lowest BCUT2D eigenvalue weighted by molar-refractivity contribution is 0.562. The molecule has 3 nitrogen and oxygen atoms in total. The molecule has 0 saturated heterocycles. The Kier molecular flexibility index (Phi) is 4.51. The van der Waals surface area contributed by atoms with E-state index in [9.17, 15) is 0 Å². The molecule has 1 aliphatic rings. The van der Waals surface area contributed by atoms with Crippen LogP contribution in [-0.2, 0) is 12.0 Å². The number of nitrogens with zero attached hydrogens (tertiary/aromatic N) is 2. The molecular weight excluding hydrogens is 254 g/mol. The fourth-order valence-corrected chi connectivity index (χ4v) is 3.65. The van der Waals surface area contributed by atoms with Crippen LogP contribution in [0.2, 0.25) is 0 Å². The van der Waals surface area contributed by atoms with Gasteiger partial charge < -0.3 is 10.2 Å². The van der Waals surface area contributed by atoms with Crippen molar-refractivity contribution in [2.24, 2.45) is 5.92 Å². The number of hydrogen-bond donors (Lipinski definition) is 1. The second-order valence-corrected chi connectivity index (χ2v) is 7.59. The third-order valence-corrected chi connectivity index (χ3v) is 4.68. The van der Waals surface area contributed by atoms with Gasteiger partial charge in [-0.2, -0.15) is 0 Å². The van der Waals surface area contributed by atoms with Gasteiger partial charge in [-0.15, -0.1) is 11.3 Å². The summed E-state index contributed by atoms with van der Waals surface area (Å²) in [5.74, 6) is 0.912. The van der Waals surface area contributed by atoms with Crippen molar-refractivity contribution in [1.29, 1.82) is 0 Å². The minimum Gasteiger partial charge on any atom is -0.348 e. The van der Waals surface area contributed by atoms with E-state index in [4.69, 9.17) is 4.98 Å². The van der Waals surface area contributed by atoms with Crippen molar-refractivity contribution >= 4 is 16.5 Å². The van der Waals surface area contributed by atoms with Gasteiger partial charge in [0.05, 0.1) is 5.69 Å². The SMILES string of the molecule is CCN(CC1CC1)c1nc(C(C)(C)C)c(CNC)s1. The van der Waals surface area contributed by atoms with Crippen LogP contribution in [0.3, 0.4) is 0 Å². The minimum absolute atomic E-state index is 0.125. The first-order valence-corrected chi connectivity index (χ1v) is 8.17. The van der Waals surface area contributed by atoms with Crippen LogP contribution in [0.15, 0.2) is 0 Å². The van der Waals surface area contributed by atoms with Gasteiger partial charge in [0.15, 0.2) is 5.13 Å². The van der Waals surface area contributed by atoms with Gasteiger partial charge in [-0.1, -0.05) is 20.8 Å². The van der Waals surface area contributed by atoms with E-state index in [2.05, 4.69) is 37.9 Å². The highest BCUT2D eigenvalue weighted by atomic mass is 32.1. The van der Waals surface area contributed by atoms with Gasteiger partial charge >= 0.3 is 0 Å². The Morgan fingerprint density at radius 3 is 2.53 bits per heavy atom. The quantitative estimate of drug-likeness (QED) is 0.866. The van der Waals surface area contributed by atoms with Crippen LogP contribution in [0.1, 0.15) is 51.1 Å². The maximum absolute atomic E-state index is 4.96. The fourth-order valence-electron chi connectivity index (χ4n) is 2.30. The molecule has 1 aromatic heterocycles. The smallest absolute Gasteiger partial charge is 0.185 e. The van der Waals surface area contributed by atoms with Crippen molar-refractivity contribution < 1.29 is 0 Å². The van der Waals surface area contributed by atoms with Crippen LogP contribution in [-0.4, -0.2) is 25.1 Å². The van der Waals surface area contributed by atoms with Crippen LogP contribution in [0.4, 0.5) is 5.13 Å². The van der Waals surface area contributed by atoms with Crippen LogP contribution in [0, 0.1) is 5.92 Å². The van der Waals surface area contributed by atoms with Crippen molar-refractivity contribution in [2.45, 2.75) is 52.5 Å². The van der Waals surface area contributed by atoms with Crippen molar-refractivity contribution in [3.63, 3.8) is 0 Å². The molecule has 0 amide bonds. The Labute approximate surface area is 121 Å². The van der Waals surface area contributed by atoms with E-state index in [1.807, 2.05) is 18.4 Å². The molecule has 1 aromatic rings. The maximum atomic E-state index is 4.96. The largest absolute Gasteiger partial charge is 0.348 e. The van der Waals surface area contributed by atoms with Gasteiger partial charge in [0.2, 0.25) is 0 Å². The van der Waals surface area contributed by atoms with E-state index in [-0.39, 0.29) is 5.41 Å². The lowest BCUT2D eigenvalue weighted by atomic mass is 9.91. The first-order valence-electron chi connectivity index (χ1n) is 7.35. The predicted octanol–water partition coefficient (Wildman–Crippen LogP) is 3.40. The zero-order valence-corrected chi connectivity index (χ0v) is 13.7. The van der Waals surface area contributed by atoms with Gasteiger partial charge in [-0.3, -0.25) is 0 Å². The average molecular weight is 281 g/mol. The van der Waals surface area contributed by atoms with Crippen LogP contribution >= 0.6 is 11.3 Å². The second-order valence-electron chi connectivity index (χ2n) is 6.53. The topological polar surface area (TPSA) is 28.2 Å². The van der Waals surface area contributed by atoms with E-state index in [1.165, 1.54) is 35.1 Å². The number of thiazole rings is 1. The van der Waals surface area contributed by atoms with Crippen LogP contribution < -0.4 is 10.2 Å². The summed E-state index contributed by atoms with van der Waals surface area (Å²) in [5.41, 5.74) is 1.39. The summed E-state index contributed by atoms with van der Waals surface area (Å²) >= 11 is 1.87. The Morgan fingerprint density at radius 1 is 1.37 bits per heavy atom. The first-order chi connectivity index (χ1) is 8.95. The molecule has 1 heterocycles. The molecule has 0 atom stereocenters. The molecule has 0 spiro atoms. The highest BCUT2D eigenvalue weighted by molar-refractivity contribution is 7.15. The molecule has 19 heavy (non-hydrogen) atoms. The van der Waals surface area contributed by atoms with Crippen molar-refractivity contribution in [3.8, 4) is 0 Å². The van der Waals surface area contributed by atoms with Gasteiger partial charge in [0.1, 0.15) is 0 Å². The molecule has 4 heteroatoms. The molecule has 1 saturated carbocycles. The van der Waals surface area contributed by atoms with Crippen molar-refractivity contribution in [2.75, 3.05) is 25.0 Å². The number of anilines is 1.